The summed E-state index contributed by atoms with van der Waals surface area (Å²) in [5.41, 5.74) is 5.10. The van der Waals surface area contributed by atoms with E-state index in [4.69, 9.17) is 0 Å². The SMILES string of the molecule is CC(C)P(C1=C=CCC1)C(C)C. The average Bonchev–Trinajstić information content (AvgIpc) is 2.37. The molecule has 0 N–H and O–H groups in total. The van der Waals surface area contributed by atoms with E-state index in [-0.39, 0.29) is 7.92 Å². The van der Waals surface area contributed by atoms with Gasteiger partial charge in [-0.25, -0.2) is 0 Å². The summed E-state index contributed by atoms with van der Waals surface area (Å²) in [6.45, 7) is 9.38. The minimum absolute atomic E-state index is 0.0945. The van der Waals surface area contributed by atoms with Crippen molar-refractivity contribution < 1.29 is 0 Å². The summed E-state index contributed by atoms with van der Waals surface area (Å²) in [7, 11) is 0.0945. The predicted octanol–water partition coefficient (Wildman–Crippen LogP) is 4.12. The first-order valence-electron chi connectivity index (χ1n) is 4.85. The van der Waals surface area contributed by atoms with Crippen LogP contribution in [-0.4, -0.2) is 11.3 Å². The summed E-state index contributed by atoms with van der Waals surface area (Å²) in [6, 6.07) is 0. The van der Waals surface area contributed by atoms with Crippen LogP contribution >= 0.6 is 7.92 Å². The van der Waals surface area contributed by atoms with Crippen LogP contribution in [0.3, 0.4) is 0 Å². The molecule has 0 aromatic carbocycles. The average molecular weight is 182 g/mol. The number of rotatable bonds is 3. The van der Waals surface area contributed by atoms with Crippen molar-refractivity contribution in [3.8, 4) is 0 Å². The monoisotopic (exact) mass is 182 g/mol. The second-order valence-electron chi connectivity index (χ2n) is 3.93. The summed E-state index contributed by atoms with van der Waals surface area (Å²) < 4.78 is 0. The van der Waals surface area contributed by atoms with Crippen molar-refractivity contribution in [3.63, 3.8) is 0 Å². The van der Waals surface area contributed by atoms with Crippen LogP contribution in [0, 0.1) is 0 Å². The molecule has 0 heterocycles. The third kappa shape index (κ3) is 2.22. The van der Waals surface area contributed by atoms with Crippen molar-refractivity contribution in [2.45, 2.75) is 51.9 Å². The molecule has 1 aliphatic rings. The molecular formula is C11H19P. The zero-order chi connectivity index (χ0) is 9.14. The summed E-state index contributed by atoms with van der Waals surface area (Å²) in [6.07, 6.45) is 4.71. The lowest BCUT2D eigenvalue weighted by Gasteiger charge is -2.26. The fourth-order valence-electron chi connectivity index (χ4n) is 1.89. The molecule has 1 rings (SSSR count). The van der Waals surface area contributed by atoms with Crippen LogP contribution in [-0.2, 0) is 0 Å². The molecule has 1 aliphatic carbocycles. The van der Waals surface area contributed by atoms with Crippen molar-refractivity contribution in [1.29, 1.82) is 0 Å². The van der Waals surface area contributed by atoms with E-state index in [9.17, 15) is 0 Å². The molecule has 0 radical (unpaired) electrons. The molecule has 0 atom stereocenters. The second kappa shape index (κ2) is 4.26. The zero-order valence-electron chi connectivity index (χ0n) is 8.59. The lowest BCUT2D eigenvalue weighted by atomic mass is 10.4. The van der Waals surface area contributed by atoms with E-state index < -0.39 is 0 Å². The summed E-state index contributed by atoms with van der Waals surface area (Å²) in [5, 5.41) is 1.62. The number of hydrogen-bond donors (Lipinski definition) is 0. The van der Waals surface area contributed by atoms with Gasteiger partial charge in [-0.3, -0.25) is 0 Å². The molecule has 0 amide bonds. The molecule has 0 saturated heterocycles. The molecule has 0 nitrogen and oxygen atoms in total. The van der Waals surface area contributed by atoms with Gasteiger partial charge >= 0.3 is 0 Å². The van der Waals surface area contributed by atoms with E-state index in [1.165, 1.54) is 12.8 Å². The highest BCUT2D eigenvalue weighted by Crippen LogP contribution is 2.55. The van der Waals surface area contributed by atoms with Gasteiger partial charge in [0, 0.05) is 0 Å². The maximum atomic E-state index is 3.44. The van der Waals surface area contributed by atoms with Gasteiger partial charge < -0.3 is 0 Å². The molecule has 1 heteroatoms. The Balaban J connectivity index is 2.72. The molecule has 0 fully saturated rings. The fraction of sp³-hybridized carbons (Fsp3) is 0.727. The van der Waals surface area contributed by atoms with Crippen LogP contribution in [0.2, 0.25) is 0 Å². The topological polar surface area (TPSA) is 0 Å². The fourth-order valence-corrected chi connectivity index (χ4v) is 4.96. The normalized spacial score (nSPS) is 16.8. The van der Waals surface area contributed by atoms with Crippen molar-refractivity contribution in [2.24, 2.45) is 0 Å². The smallest absolute Gasteiger partial charge is 0.00422 e. The van der Waals surface area contributed by atoms with Crippen LogP contribution in [0.25, 0.3) is 0 Å². The first kappa shape index (κ1) is 10.0. The van der Waals surface area contributed by atoms with Crippen molar-refractivity contribution in [2.75, 3.05) is 0 Å². The molecule has 0 bridgehead atoms. The highest BCUT2D eigenvalue weighted by molar-refractivity contribution is 7.63. The first-order valence-corrected chi connectivity index (χ1v) is 6.33. The maximum Gasteiger partial charge on any atom is -0.00422 e. The number of allylic oxidation sites excluding steroid dienone is 1. The lowest BCUT2D eigenvalue weighted by molar-refractivity contribution is 0.991. The van der Waals surface area contributed by atoms with Gasteiger partial charge in [0.2, 0.25) is 0 Å². The first-order chi connectivity index (χ1) is 5.63. The Labute approximate surface area is 77.5 Å². The van der Waals surface area contributed by atoms with Gasteiger partial charge in [-0.05, 0) is 35.5 Å². The van der Waals surface area contributed by atoms with Gasteiger partial charge in [-0.1, -0.05) is 35.6 Å². The van der Waals surface area contributed by atoms with Crippen molar-refractivity contribution in [1.82, 2.24) is 0 Å². The van der Waals surface area contributed by atoms with Crippen LogP contribution in [0.5, 0.6) is 0 Å². The van der Waals surface area contributed by atoms with Crippen LogP contribution in [0.15, 0.2) is 17.1 Å². The summed E-state index contributed by atoms with van der Waals surface area (Å²) in [5.74, 6) is 0. The molecular weight excluding hydrogens is 163 g/mol. The third-order valence-electron chi connectivity index (χ3n) is 2.22. The maximum absolute atomic E-state index is 3.44. The molecule has 0 aromatic heterocycles. The van der Waals surface area contributed by atoms with Gasteiger partial charge in [0.25, 0.3) is 0 Å². The minimum atomic E-state index is 0.0945. The van der Waals surface area contributed by atoms with E-state index >= 15 is 0 Å². The largest absolute Gasteiger partial charge is 0.121 e. The summed E-state index contributed by atoms with van der Waals surface area (Å²) >= 11 is 0. The second-order valence-corrected chi connectivity index (χ2v) is 7.35. The molecule has 68 valence electrons. The Kier molecular flexibility index (Phi) is 3.56. The van der Waals surface area contributed by atoms with Crippen LogP contribution in [0.4, 0.5) is 0 Å². The van der Waals surface area contributed by atoms with E-state index in [2.05, 4.69) is 39.5 Å². The summed E-state index contributed by atoms with van der Waals surface area (Å²) in [4.78, 5) is 0. The van der Waals surface area contributed by atoms with Crippen molar-refractivity contribution >= 4 is 7.92 Å². The molecule has 0 spiro atoms. The third-order valence-corrected chi connectivity index (χ3v) is 5.42. The van der Waals surface area contributed by atoms with E-state index in [1.807, 2.05) is 0 Å². The highest BCUT2D eigenvalue weighted by Gasteiger charge is 2.21. The minimum Gasteiger partial charge on any atom is -0.121 e. The zero-order valence-corrected chi connectivity index (χ0v) is 9.49. The predicted molar refractivity (Wildman–Crippen MR) is 58.0 cm³/mol. The quantitative estimate of drug-likeness (QED) is 0.455. The Morgan fingerprint density at radius 1 is 1.25 bits per heavy atom. The number of hydrogen-bond acceptors (Lipinski definition) is 0. The van der Waals surface area contributed by atoms with Crippen LogP contribution in [0.1, 0.15) is 40.5 Å². The van der Waals surface area contributed by atoms with E-state index in [0.29, 0.717) is 0 Å². The van der Waals surface area contributed by atoms with Gasteiger partial charge in [-0.15, -0.1) is 5.73 Å². The molecule has 0 aliphatic heterocycles. The Morgan fingerprint density at radius 3 is 2.17 bits per heavy atom. The molecule has 0 aromatic rings. The van der Waals surface area contributed by atoms with Gasteiger partial charge in [-0.2, -0.15) is 0 Å². The van der Waals surface area contributed by atoms with Gasteiger partial charge in [0.15, 0.2) is 0 Å². The van der Waals surface area contributed by atoms with Crippen molar-refractivity contribution in [3.05, 3.63) is 17.1 Å². The molecule has 0 saturated carbocycles. The highest BCUT2D eigenvalue weighted by atomic mass is 31.1. The van der Waals surface area contributed by atoms with Crippen LogP contribution < -0.4 is 0 Å². The Hall–Kier alpha value is -0.0500. The van der Waals surface area contributed by atoms with E-state index in [1.54, 1.807) is 5.31 Å². The Bertz CT molecular complexity index is 199. The molecule has 0 unspecified atom stereocenters. The van der Waals surface area contributed by atoms with Gasteiger partial charge in [0.05, 0.1) is 0 Å². The molecule has 12 heavy (non-hydrogen) atoms. The Morgan fingerprint density at radius 2 is 1.83 bits per heavy atom. The standard InChI is InChI=1S/C11H19P/c1-9(2)12(10(3)4)11-7-5-6-8-11/h5,9-10H,6,8H2,1-4H3. The van der Waals surface area contributed by atoms with E-state index in [0.717, 1.165) is 11.3 Å². The van der Waals surface area contributed by atoms with Gasteiger partial charge in [0.1, 0.15) is 0 Å². The lowest BCUT2D eigenvalue weighted by Crippen LogP contribution is -2.04.